The molecule has 0 saturated carbocycles. The highest BCUT2D eigenvalue weighted by Crippen LogP contribution is 2.31. The lowest BCUT2D eigenvalue weighted by Gasteiger charge is -2.35. The van der Waals surface area contributed by atoms with Crippen LogP contribution >= 0.6 is 0 Å². The molecule has 0 radical (unpaired) electrons. The molecule has 0 aliphatic carbocycles. The zero-order valence-corrected chi connectivity index (χ0v) is 16.6. The highest BCUT2D eigenvalue weighted by molar-refractivity contribution is 5.77. The van der Waals surface area contributed by atoms with Gasteiger partial charge in [0.2, 0.25) is 5.91 Å². The summed E-state index contributed by atoms with van der Waals surface area (Å²) in [5, 5.41) is 3.28. The summed E-state index contributed by atoms with van der Waals surface area (Å²) >= 11 is 0. The molecule has 144 valence electrons. The van der Waals surface area contributed by atoms with Crippen molar-refractivity contribution in [2.45, 2.75) is 39.2 Å². The molecule has 1 fully saturated rings. The SMILES string of the molecule is Cc1cccc(Nc2cc([C@@H]3CCCCN3CC(=O)N(C)C)nc(C)n2)n1. The van der Waals surface area contributed by atoms with E-state index in [1.54, 1.807) is 19.0 Å². The highest BCUT2D eigenvalue weighted by Gasteiger charge is 2.27. The summed E-state index contributed by atoms with van der Waals surface area (Å²) in [6, 6.07) is 7.97. The minimum atomic E-state index is 0.120. The third-order valence-electron chi connectivity index (χ3n) is 4.79. The summed E-state index contributed by atoms with van der Waals surface area (Å²) in [5.41, 5.74) is 1.91. The summed E-state index contributed by atoms with van der Waals surface area (Å²) < 4.78 is 0. The number of rotatable bonds is 5. The standard InChI is InChI=1S/C20H28N6O/c1-14-8-7-10-18(21-14)24-19-12-16(22-15(2)23-19)17-9-5-6-11-26(17)13-20(27)25(3)4/h7-8,10,12,17H,5-6,9,11,13H2,1-4H3,(H,21,22,23,24)/t17-/m0/s1. The van der Waals surface area contributed by atoms with Crippen LogP contribution in [0.15, 0.2) is 24.3 Å². The molecule has 2 aromatic rings. The van der Waals surface area contributed by atoms with Crippen LogP contribution in [-0.2, 0) is 4.79 Å². The fraction of sp³-hybridized carbons (Fsp3) is 0.500. The molecule has 7 heteroatoms. The number of amides is 1. The largest absolute Gasteiger partial charge is 0.348 e. The van der Waals surface area contributed by atoms with Crippen LogP contribution in [-0.4, -0.2) is 57.8 Å². The Kier molecular flexibility index (Phi) is 6.01. The fourth-order valence-corrected chi connectivity index (χ4v) is 3.40. The molecule has 1 aliphatic heterocycles. The van der Waals surface area contributed by atoms with Gasteiger partial charge in [0, 0.05) is 25.9 Å². The molecule has 0 spiro atoms. The maximum absolute atomic E-state index is 12.2. The van der Waals surface area contributed by atoms with Crippen molar-refractivity contribution < 1.29 is 4.79 Å². The Labute approximate surface area is 160 Å². The number of carbonyl (C=O) groups is 1. The lowest BCUT2D eigenvalue weighted by Crippen LogP contribution is -2.41. The monoisotopic (exact) mass is 368 g/mol. The number of likely N-dealkylation sites (N-methyl/N-ethyl adjacent to an activating group) is 1. The van der Waals surface area contributed by atoms with Gasteiger partial charge in [0.1, 0.15) is 17.5 Å². The first-order valence-corrected chi connectivity index (χ1v) is 9.43. The number of aromatic nitrogens is 3. The van der Waals surface area contributed by atoms with Gasteiger partial charge < -0.3 is 10.2 Å². The van der Waals surface area contributed by atoms with E-state index in [0.717, 1.165) is 48.8 Å². The van der Waals surface area contributed by atoms with Gasteiger partial charge in [0.25, 0.3) is 0 Å². The topological polar surface area (TPSA) is 74.2 Å². The molecule has 1 amide bonds. The second-order valence-electron chi connectivity index (χ2n) is 7.28. The van der Waals surface area contributed by atoms with Gasteiger partial charge in [0.05, 0.1) is 18.3 Å². The first-order chi connectivity index (χ1) is 12.9. The molecule has 1 saturated heterocycles. The Hall–Kier alpha value is -2.54. The minimum Gasteiger partial charge on any atom is -0.348 e. The number of nitrogens with zero attached hydrogens (tertiary/aromatic N) is 5. The Morgan fingerprint density at radius 1 is 1.19 bits per heavy atom. The summed E-state index contributed by atoms with van der Waals surface area (Å²) in [6.07, 6.45) is 3.25. The Balaban J connectivity index is 1.83. The van der Waals surface area contributed by atoms with E-state index in [9.17, 15) is 4.79 Å². The van der Waals surface area contributed by atoms with Gasteiger partial charge >= 0.3 is 0 Å². The zero-order chi connectivity index (χ0) is 19.4. The lowest BCUT2D eigenvalue weighted by molar-refractivity contribution is -0.130. The van der Waals surface area contributed by atoms with Crippen molar-refractivity contribution in [3.8, 4) is 0 Å². The Morgan fingerprint density at radius 3 is 2.74 bits per heavy atom. The van der Waals surface area contributed by atoms with Crippen molar-refractivity contribution in [3.63, 3.8) is 0 Å². The van der Waals surface area contributed by atoms with Gasteiger partial charge in [0.15, 0.2) is 0 Å². The molecule has 3 heterocycles. The molecule has 1 N–H and O–H groups in total. The predicted octanol–water partition coefficient (Wildman–Crippen LogP) is 2.85. The smallest absolute Gasteiger partial charge is 0.236 e. The van der Waals surface area contributed by atoms with Crippen LogP contribution in [0.5, 0.6) is 0 Å². The van der Waals surface area contributed by atoms with Gasteiger partial charge in [-0.25, -0.2) is 15.0 Å². The van der Waals surface area contributed by atoms with E-state index in [1.165, 1.54) is 0 Å². The maximum atomic E-state index is 12.2. The fourth-order valence-electron chi connectivity index (χ4n) is 3.40. The normalized spacial score (nSPS) is 17.6. The van der Waals surface area contributed by atoms with Crippen LogP contribution in [0.25, 0.3) is 0 Å². The van der Waals surface area contributed by atoms with Crippen molar-refractivity contribution in [3.05, 3.63) is 41.5 Å². The van der Waals surface area contributed by atoms with Crippen LogP contribution in [0.4, 0.5) is 11.6 Å². The van der Waals surface area contributed by atoms with Crippen molar-refractivity contribution >= 4 is 17.5 Å². The number of carbonyl (C=O) groups excluding carboxylic acids is 1. The van der Waals surface area contributed by atoms with E-state index in [0.29, 0.717) is 12.4 Å². The Bertz CT molecular complexity index is 807. The summed E-state index contributed by atoms with van der Waals surface area (Å²) in [5.74, 6) is 2.34. The van der Waals surface area contributed by atoms with Crippen molar-refractivity contribution in [1.82, 2.24) is 24.8 Å². The number of anilines is 2. The molecular formula is C20H28N6O. The molecule has 0 unspecified atom stereocenters. The first kappa shape index (κ1) is 19.2. The van der Waals surface area contributed by atoms with Crippen LogP contribution < -0.4 is 5.32 Å². The molecule has 1 aliphatic rings. The molecule has 7 nitrogen and oxygen atoms in total. The molecule has 27 heavy (non-hydrogen) atoms. The van der Waals surface area contributed by atoms with E-state index >= 15 is 0 Å². The number of aryl methyl sites for hydroxylation is 2. The van der Waals surface area contributed by atoms with Crippen molar-refractivity contribution in [2.75, 3.05) is 32.5 Å². The number of pyridine rings is 1. The molecule has 0 bridgehead atoms. The Morgan fingerprint density at radius 2 is 2.00 bits per heavy atom. The highest BCUT2D eigenvalue weighted by atomic mass is 16.2. The van der Waals surface area contributed by atoms with E-state index in [4.69, 9.17) is 0 Å². The predicted molar refractivity (Wildman–Crippen MR) is 106 cm³/mol. The molecule has 0 aromatic carbocycles. The minimum absolute atomic E-state index is 0.120. The quantitative estimate of drug-likeness (QED) is 0.875. The van der Waals surface area contributed by atoms with Gasteiger partial charge in [-0.05, 0) is 45.4 Å². The van der Waals surface area contributed by atoms with Crippen LogP contribution in [0.1, 0.15) is 42.5 Å². The van der Waals surface area contributed by atoms with Crippen molar-refractivity contribution in [1.29, 1.82) is 0 Å². The second-order valence-corrected chi connectivity index (χ2v) is 7.28. The average molecular weight is 368 g/mol. The van der Waals surface area contributed by atoms with E-state index in [1.807, 2.05) is 38.1 Å². The first-order valence-electron chi connectivity index (χ1n) is 9.43. The molecular weight excluding hydrogens is 340 g/mol. The van der Waals surface area contributed by atoms with Gasteiger partial charge in [-0.1, -0.05) is 12.5 Å². The van der Waals surface area contributed by atoms with Crippen LogP contribution in [0.3, 0.4) is 0 Å². The number of likely N-dealkylation sites (tertiary alicyclic amines) is 1. The zero-order valence-electron chi connectivity index (χ0n) is 16.6. The third kappa shape index (κ3) is 5.01. The molecule has 2 aromatic heterocycles. The molecule has 3 rings (SSSR count). The lowest BCUT2D eigenvalue weighted by atomic mass is 9.99. The third-order valence-corrected chi connectivity index (χ3v) is 4.79. The molecule has 1 atom stereocenters. The van der Waals surface area contributed by atoms with E-state index < -0.39 is 0 Å². The number of piperidine rings is 1. The summed E-state index contributed by atoms with van der Waals surface area (Å²) in [7, 11) is 3.60. The summed E-state index contributed by atoms with van der Waals surface area (Å²) in [4.78, 5) is 29.8. The van der Waals surface area contributed by atoms with Gasteiger partial charge in [-0.15, -0.1) is 0 Å². The number of nitrogens with one attached hydrogen (secondary N) is 1. The van der Waals surface area contributed by atoms with Gasteiger partial charge in [-0.3, -0.25) is 9.69 Å². The van der Waals surface area contributed by atoms with Gasteiger partial charge in [-0.2, -0.15) is 0 Å². The van der Waals surface area contributed by atoms with E-state index in [2.05, 4.69) is 25.2 Å². The number of hydrogen-bond donors (Lipinski definition) is 1. The van der Waals surface area contributed by atoms with Crippen LogP contribution in [0, 0.1) is 13.8 Å². The average Bonchev–Trinajstić information content (AvgIpc) is 2.61. The second kappa shape index (κ2) is 8.43. The number of hydrogen-bond acceptors (Lipinski definition) is 6. The van der Waals surface area contributed by atoms with E-state index in [-0.39, 0.29) is 11.9 Å². The summed E-state index contributed by atoms with van der Waals surface area (Å²) in [6.45, 7) is 5.19. The maximum Gasteiger partial charge on any atom is 0.236 e. The van der Waals surface area contributed by atoms with Crippen LogP contribution in [0.2, 0.25) is 0 Å². The van der Waals surface area contributed by atoms with Crippen molar-refractivity contribution in [2.24, 2.45) is 0 Å².